The summed E-state index contributed by atoms with van der Waals surface area (Å²) in [7, 11) is 0. The molecule has 1 saturated carbocycles. The zero-order valence-electron chi connectivity index (χ0n) is 15.4. The molecule has 6 nitrogen and oxygen atoms in total. The molecule has 1 heterocycles. The maximum Gasteiger partial charge on any atom is 0.347 e. The molecule has 1 saturated heterocycles. The summed E-state index contributed by atoms with van der Waals surface area (Å²) in [5.74, 6) is -1.24. The Morgan fingerprint density at radius 2 is 1.72 bits per heavy atom. The lowest BCUT2D eigenvalue weighted by Gasteiger charge is -2.27. The maximum absolute atomic E-state index is 11.3. The molecule has 25 heavy (non-hydrogen) atoms. The summed E-state index contributed by atoms with van der Waals surface area (Å²) in [5, 5.41) is 0. The molecule has 1 unspecified atom stereocenters. The van der Waals surface area contributed by atoms with Gasteiger partial charge in [-0.05, 0) is 46.0 Å². The van der Waals surface area contributed by atoms with E-state index in [2.05, 4.69) is 24.8 Å². The highest BCUT2D eigenvalue weighted by molar-refractivity contribution is 5.89. The summed E-state index contributed by atoms with van der Waals surface area (Å²) < 4.78 is 14.8. The van der Waals surface area contributed by atoms with E-state index < -0.39 is 18.0 Å². The Labute approximate surface area is 149 Å². The third-order valence-corrected chi connectivity index (χ3v) is 4.30. The van der Waals surface area contributed by atoms with Crippen LogP contribution < -0.4 is 0 Å². The quantitative estimate of drug-likeness (QED) is 0.429. The van der Waals surface area contributed by atoms with E-state index in [-0.39, 0.29) is 17.1 Å². The molecule has 0 aromatic rings. The van der Waals surface area contributed by atoms with Gasteiger partial charge in [-0.15, -0.1) is 0 Å². The molecule has 2 aliphatic rings. The van der Waals surface area contributed by atoms with Crippen molar-refractivity contribution in [1.29, 1.82) is 0 Å². The lowest BCUT2D eigenvalue weighted by Crippen LogP contribution is -2.31. The van der Waals surface area contributed by atoms with Crippen LogP contribution in [0, 0.1) is 0 Å². The van der Waals surface area contributed by atoms with E-state index in [0.717, 1.165) is 19.3 Å². The van der Waals surface area contributed by atoms with Gasteiger partial charge in [-0.25, -0.2) is 14.4 Å². The Kier molecular flexibility index (Phi) is 7.87. The second-order valence-electron chi connectivity index (χ2n) is 6.54. The minimum Gasteiger partial charge on any atom is -0.463 e. The Morgan fingerprint density at radius 1 is 1.16 bits per heavy atom. The molecular formula is C19H28O6. The average molecular weight is 352 g/mol. The highest BCUT2D eigenvalue weighted by Gasteiger charge is 2.35. The number of cyclic esters (lactones) is 1. The third kappa shape index (κ3) is 6.36. The van der Waals surface area contributed by atoms with Crippen molar-refractivity contribution in [2.75, 3.05) is 6.61 Å². The van der Waals surface area contributed by atoms with Gasteiger partial charge in [0.2, 0.25) is 6.10 Å². The van der Waals surface area contributed by atoms with Crippen LogP contribution in [-0.4, -0.2) is 36.2 Å². The van der Waals surface area contributed by atoms with Crippen molar-refractivity contribution in [3.63, 3.8) is 0 Å². The van der Waals surface area contributed by atoms with Crippen LogP contribution in [-0.2, 0) is 28.6 Å². The van der Waals surface area contributed by atoms with Crippen LogP contribution in [0.2, 0.25) is 0 Å². The van der Waals surface area contributed by atoms with Gasteiger partial charge in [0.15, 0.2) is 0 Å². The topological polar surface area (TPSA) is 78.9 Å². The van der Waals surface area contributed by atoms with Crippen LogP contribution in [0.1, 0.15) is 59.3 Å². The smallest absolute Gasteiger partial charge is 0.347 e. The largest absolute Gasteiger partial charge is 0.463 e. The van der Waals surface area contributed by atoms with Crippen molar-refractivity contribution < 1.29 is 28.6 Å². The summed E-state index contributed by atoms with van der Waals surface area (Å²) in [6.45, 7) is 12.6. The lowest BCUT2D eigenvalue weighted by atomic mass is 9.99. The van der Waals surface area contributed by atoms with E-state index in [4.69, 9.17) is 9.47 Å². The lowest BCUT2D eigenvalue weighted by molar-refractivity contribution is -0.157. The predicted molar refractivity (Wildman–Crippen MR) is 92.7 cm³/mol. The van der Waals surface area contributed by atoms with Crippen LogP contribution in [0.4, 0.5) is 0 Å². The summed E-state index contributed by atoms with van der Waals surface area (Å²) in [5.41, 5.74) is 0.616. The standard InChI is InChI=1S/C11H18O2.C8H10O4/c1-4-11(7-5-6-8-11)13-10(12)9(2)3;1-5(2)7(9)12-6-3-4-11-8(6)10/h2,4-8H2,1,3H3;6H,1,3-4H2,2H3. The fourth-order valence-corrected chi connectivity index (χ4v) is 2.65. The zero-order valence-corrected chi connectivity index (χ0v) is 15.4. The molecule has 0 N–H and O–H groups in total. The molecular weight excluding hydrogens is 324 g/mol. The van der Waals surface area contributed by atoms with Gasteiger partial charge < -0.3 is 14.2 Å². The summed E-state index contributed by atoms with van der Waals surface area (Å²) in [6, 6.07) is 0. The summed E-state index contributed by atoms with van der Waals surface area (Å²) in [4.78, 5) is 33.1. The summed E-state index contributed by atoms with van der Waals surface area (Å²) in [6.07, 6.45) is 5.03. The third-order valence-electron chi connectivity index (χ3n) is 4.30. The van der Waals surface area contributed by atoms with Gasteiger partial charge in [0.05, 0.1) is 6.61 Å². The Morgan fingerprint density at radius 3 is 2.12 bits per heavy atom. The molecule has 2 fully saturated rings. The van der Waals surface area contributed by atoms with E-state index in [0.29, 0.717) is 18.6 Å². The monoisotopic (exact) mass is 352 g/mol. The number of hydrogen-bond donors (Lipinski definition) is 0. The number of rotatable bonds is 5. The Hall–Kier alpha value is -2.11. The van der Waals surface area contributed by atoms with Gasteiger partial charge in [0.25, 0.3) is 0 Å². The molecule has 0 radical (unpaired) electrons. The van der Waals surface area contributed by atoms with Gasteiger partial charge in [0.1, 0.15) is 5.60 Å². The molecule has 1 aliphatic carbocycles. The molecule has 1 atom stereocenters. The zero-order chi connectivity index (χ0) is 19.0. The molecule has 0 aromatic carbocycles. The molecule has 140 valence electrons. The molecule has 6 heteroatoms. The van der Waals surface area contributed by atoms with Gasteiger partial charge >= 0.3 is 17.9 Å². The number of hydrogen-bond acceptors (Lipinski definition) is 6. The first-order valence-electron chi connectivity index (χ1n) is 8.63. The first kappa shape index (κ1) is 20.9. The SMILES string of the molecule is C=C(C)C(=O)OC1(CC)CCCC1.C=C(C)C(=O)OC1CCOC1=O. The molecule has 0 amide bonds. The molecule has 0 spiro atoms. The fraction of sp³-hybridized carbons (Fsp3) is 0.632. The van der Waals surface area contributed by atoms with Crippen LogP contribution >= 0.6 is 0 Å². The van der Waals surface area contributed by atoms with Crippen LogP contribution in [0.5, 0.6) is 0 Å². The van der Waals surface area contributed by atoms with Crippen LogP contribution in [0.3, 0.4) is 0 Å². The highest BCUT2D eigenvalue weighted by atomic mass is 16.6. The Balaban J connectivity index is 0.000000251. The fourth-order valence-electron chi connectivity index (χ4n) is 2.65. The normalized spacial score (nSPS) is 20.8. The second-order valence-corrected chi connectivity index (χ2v) is 6.54. The van der Waals surface area contributed by atoms with Gasteiger partial charge in [-0.3, -0.25) is 0 Å². The van der Waals surface area contributed by atoms with E-state index in [9.17, 15) is 14.4 Å². The minimum atomic E-state index is -0.728. The molecule has 0 bridgehead atoms. The van der Waals surface area contributed by atoms with Crippen molar-refractivity contribution in [2.24, 2.45) is 0 Å². The van der Waals surface area contributed by atoms with Crippen molar-refractivity contribution in [3.05, 3.63) is 24.3 Å². The number of carbonyl (C=O) groups is 3. The summed E-state index contributed by atoms with van der Waals surface area (Å²) >= 11 is 0. The van der Waals surface area contributed by atoms with Crippen molar-refractivity contribution in [2.45, 2.75) is 71.0 Å². The number of ether oxygens (including phenoxy) is 3. The van der Waals surface area contributed by atoms with Crippen molar-refractivity contribution in [1.82, 2.24) is 0 Å². The highest BCUT2D eigenvalue weighted by Crippen LogP contribution is 2.36. The number of esters is 3. The van der Waals surface area contributed by atoms with Crippen molar-refractivity contribution in [3.8, 4) is 0 Å². The molecule has 2 rings (SSSR count). The van der Waals surface area contributed by atoms with Crippen molar-refractivity contribution >= 4 is 17.9 Å². The van der Waals surface area contributed by atoms with E-state index in [1.54, 1.807) is 6.92 Å². The first-order valence-corrected chi connectivity index (χ1v) is 8.63. The van der Waals surface area contributed by atoms with Gasteiger partial charge in [-0.1, -0.05) is 20.1 Å². The number of carbonyl (C=O) groups excluding carboxylic acids is 3. The first-order chi connectivity index (χ1) is 11.7. The van der Waals surface area contributed by atoms with E-state index in [1.807, 2.05) is 0 Å². The van der Waals surface area contributed by atoms with E-state index >= 15 is 0 Å². The van der Waals surface area contributed by atoms with Crippen LogP contribution in [0.25, 0.3) is 0 Å². The van der Waals surface area contributed by atoms with Gasteiger partial charge in [0, 0.05) is 17.6 Å². The predicted octanol–water partition coefficient (Wildman–Crippen LogP) is 3.25. The molecule has 1 aliphatic heterocycles. The maximum atomic E-state index is 11.3. The molecule has 0 aromatic heterocycles. The second kappa shape index (κ2) is 9.39. The average Bonchev–Trinajstić information content (AvgIpc) is 3.18. The minimum absolute atomic E-state index is 0.171. The Bertz CT molecular complexity index is 542. The van der Waals surface area contributed by atoms with E-state index in [1.165, 1.54) is 19.8 Å². The van der Waals surface area contributed by atoms with Gasteiger partial charge in [-0.2, -0.15) is 0 Å². The van der Waals surface area contributed by atoms with Crippen LogP contribution in [0.15, 0.2) is 24.3 Å².